The van der Waals surface area contributed by atoms with Crippen LogP contribution in [-0.2, 0) is 4.79 Å². The van der Waals surface area contributed by atoms with Gasteiger partial charge in [0, 0.05) is 0 Å². The molecule has 0 bridgehead atoms. The van der Waals surface area contributed by atoms with Crippen LogP contribution in [0.4, 0.5) is 0 Å². The van der Waals surface area contributed by atoms with Crippen molar-refractivity contribution in [3.05, 3.63) is 11.1 Å². The predicted octanol–water partition coefficient (Wildman–Crippen LogP) is 5.82. The van der Waals surface area contributed by atoms with E-state index in [0.717, 1.165) is 12.8 Å². The van der Waals surface area contributed by atoms with E-state index in [0.29, 0.717) is 0 Å². The van der Waals surface area contributed by atoms with E-state index in [2.05, 4.69) is 34.6 Å². The Morgan fingerprint density at radius 2 is 1.73 bits per heavy atom. The Bertz CT molecular complexity index is 456. The molecule has 22 heavy (non-hydrogen) atoms. The van der Waals surface area contributed by atoms with Crippen molar-refractivity contribution in [3.8, 4) is 0 Å². The number of carboxylic acid groups (broad SMARTS) is 1. The van der Waals surface area contributed by atoms with Gasteiger partial charge >= 0.3 is 5.97 Å². The number of unbranched alkanes of at least 4 members (excludes halogenated alkanes) is 3. The van der Waals surface area contributed by atoms with Crippen LogP contribution in [0.3, 0.4) is 0 Å². The molecule has 0 aromatic heterocycles. The molecule has 0 aromatic carbocycles. The summed E-state index contributed by atoms with van der Waals surface area (Å²) >= 11 is 0. The van der Waals surface area contributed by atoms with Crippen molar-refractivity contribution in [2.75, 3.05) is 0 Å². The first-order chi connectivity index (χ1) is 10.2. The fourth-order valence-corrected chi connectivity index (χ4v) is 4.75. The van der Waals surface area contributed by atoms with Crippen LogP contribution in [0.5, 0.6) is 0 Å². The highest BCUT2D eigenvalue weighted by Crippen LogP contribution is 2.59. The molecule has 2 nitrogen and oxygen atoms in total. The summed E-state index contributed by atoms with van der Waals surface area (Å²) in [4.78, 5) is 11.8. The van der Waals surface area contributed by atoms with E-state index in [-0.39, 0.29) is 22.7 Å². The van der Waals surface area contributed by atoms with Crippen molar-refractivity contribution < 1.29 is 9.90 Å². The molecule has 126 valence electrons. The van der Waals surface area contributed by atoms with Gasteiger partial charge in [-0.3, -0.25) is 4.79 Å². The van der Waals surface area contributed by atoms with Gasteiger partial charge in [0.25, 0.3) is 0 Å². The molecular weight excluding hydrogens is 272 g/mol. The van der Waals surface area contributed by atoms with E-state index >= 15 is 0 Å². The van der Waals surface area contributed by atoms with Crippen molar-refractivity contribution >= 4 is 5.97 Å². The Labute approximate surface area is 136 Å². The Balaban J connectivity index is 2.28. The maximum absolute atomic E-state index is 11.8. The third-order valence-electron chi connectivity index (χ3n) is 6.21. The minimum absolute atomic E-state index is 0.178. The molecule has 2 aliphatic rings. The molecule has 0 heterocycles. The summed E-state index contributed by atoms with van der Waals surface area (Å²) in [7, 11) is 0. The molecule has 0 fully saturated rings. The maximum Gasteiger partial charge on any atom is 0.307 e. The van der Waals surface area contributed by atoms with Crippen molar-refractivity contribution in [2.45, 2.75) is 86.0 Å². The monoisotopic (exact) mass is 306 g/mol. The maximum atomic E-state index is 11.8. The molecule has 0 saturated carbocycles. The minimum Gasteiger partial charge on any atom is -0.481 e. The molecule has 2 aliphatic carbocycles. The number of carboxylic acids is 1. The van der Waals surface area contributed by atoms with Gasteiger partial charge in [0.2, 0.25) is 0 Å². The normalized spacial score (nSPS) is 29.5. The molecule has 0 amide bonds. The fraction of sp³-hybridized carbons (Fsp3) is 0.850. The summed E-state index contributed by atoms with van der Waals surface area (Å²) in [6.07, 6.45) is 9.16. The van der Waals surface area contributed by atoms with E-state index in [1.54, 1.807) is 0 Å². The topological polar surface area (TPSA) is 37.3 Å². The van der Waals surface area contributed by atoms with Crippen LogP contribution in [0.2, 0.25) is 0 Å². The van der Waals surface area contributed by atoms with Gasteiger partial charge in [0.15, 0.2) is 0 Å². The average Bonchev–Trinajstić information content (AvgIpc) is 2.82. The lowest BCUT2D eigenvalue weighted by Crippen LogP contribution is -2.31. The molecule has 0 spiro atoms. The molecule has 2 unspecified atom stereocenters. The van der Waals surface area contributed by atoms with Gasteiger partial charge in [-0.1, -0.05) is 71.4 Å². The summed E-state index contributed by atoms with van der Waals surface area (Å²) in [5.41, 5.74) is 3.38. The van der Waals surface area contributed by atoms with Crippen LogP contribution < -0.4 is 0 Å². The SMILES string of the molecule is CCCCCCC1C2=C(CC1C(=O)O)C(C)(C)CCC2(C)C. The third-order valence-corrected chi connectivity index (χ3v) is 6.21. The summed E-state index contributed by atoms with van der Waals surface area (Å²) in [6.45, 7) is 11.5. The number of allylic oxidation sites excluding steroid dienone is 2. The lowest BCUT2D eigenvalue weighted by atomic mass is 9.62. The van der Waals surface area contributed by atoms with E-state index in [9.17, 15) is 9.90 Å². The van der Waals surface area contributed by atoms with Gasteiger partial charge in [-0.15, -0.1) is 0 Å². The van der Waals surface area contributed by atoms with Gasteiger partial charge in [-0.05, 0) is 42.4 Å². The number of aliphatic carboxylic acids is 1. The standard InChI is InChI=1S/C20H34O2/c1-6-7-8-9-10-14-15(18(21)22)13-16-17(14)20(4,5)12-11-19(16,2)3/h14-15H,6-13H2,1-5H3,(H,21,22). The zero-order valence-electron chi connectivity index (χ0n) is 15.2. The molecule has 0 saturated heterocycles. The number of hydrogen-bond donors (Lipinski definition) is 1. The first-order valence-electron chi connectivity index (χ1n) is 9.17. The van der Waals surface area contributed by atoms with Crippen molar-refractivity contribution in [2.24, 2.45) is 22.7 Å². The van der Waals surface area contributed by atoms with Crippen molar-refractivity contribution in [3.63, 3.8) is 0 Å². The summed E-state index contributed by atoms with van der Waals surface area (Å²) in [5.74, 6) is -0.483. The zero-order chi connectivity index (χ0) is 16.5. The lowest BCUT2D eigenvalue weighted by Gasteiger charge is -2.43. The highest BCUT2D eigenvalue weighted by Gasteiger charge is 2.50. The number of carbonyl (C=O) groups is 1. The largest absolute Gasteiger partial charge is 0.481 e. The second kappa shape index (κ2) is 6.37. The van der Waals surface area contributed by atoms with Gasteiger partial charge in [0.1, 0.15) is 0 Å². The fourth-order valence-electron chi connectivity index (χ4n) is 4.75. The second-order valence-corrected chi connectivity index (χ2v) is 8.76. The number of hydrogen-bond acceptors (Lipinski definition) is 1. The van der Waals surface area contributed by atoms with E-state index in [4.69, 9.17) is 0 Å². The van der Waals surface area contributed by atoms with Crippen LogP contribution in [0.15, 0.2) is 11.1 Å². The smallest absolute Gasteiger partial charge is 0.307 e. The van der Waals surface area contributed by atoms with Crippen LogP contribution in [0, 0.1) is 22.7 Å². The van der Waals surface area contributed by atoms with Crippen LogP contribution in [0.25, 0.3) is 0 Å². The second-order valence-electron chi connectivity index (χ2n) is 8.76. The molecule has 0 aliphatic heterocycles. The number of rotatable bonds is 6. The third kappa shape index (κ3) is 3.26. The van der Waals surface area contributed by atoms with E-state index in [1.807, 2.05) is 0 Å². The summed E-state index contributed by atoms with van der Waals surface area (Å²) in [6, 6.07) is 0. The van der Waals surface area contributed by atoms with Crippen molar-refractivity contribution in [1.29, 1.82) is 0 Å². The molecule has 2 atom stereocenters. The van der Waals surface area contributed by atoms with E-state index < -0.39 is 5.97 Å². The first kappa shape index (κ1) is 17.6. The van der Waals surface area contributed by atoms with Gasteiger partial charge < -0.3 is 5.11 Å². The van der Waals surface area contributed by atoms with Crippen LogP contribution in [-0.4, -0.2) is 11.1 Å². The molecule has 2 rings (SSSR count). The molecule has 1 N–H and O–H groups in total. The zero-order valence-corrected chi connectivity index (χ0v) is 15.2. The Morgan fingerprint density at radius 1 is 1.09 bits per heavy atom. The van der Waals surface area contributed by atoms with Crippen molar-refractivity contribution in [1.82, 2.24) is 0 Å². The highest BCUT2D eigenvalue weighted by atomic mass is 16.4. The Morgan fingerprint density at radius 3 is 2.32 bits per heavy atom. The molecule has 0 radical (unpaired) electrons. The van der Waals surface area contributed by atoms with Gasteiger partial charge in [0.05, 0.1) is 5.92 Å². The Hall–Kier alpha value is -0.790. The van der Waals surface area contributed by atoms with Gasteiger partial charge in [-0.2, -0.15) is 0 Å². The van der Waals surface area contributed by atoms with Gasteiger partial charge in [-0.25, -0.2) is 0 Å². The highest BCUT2D eigenvalue weighted by molar-refractivity contribution is 5.73. The van der Waals surface area contributed by atoms with E-state index in [1.165, 1.54) is 49.7 Å². The quantitative estimate of drug-likeness (QED) is 0.496. The summed E-state index contributed by atoms with van der Waals surface area (Å²) < 4.78 is 0. The minimum atomic E-state index is -0.582. The average molecular weight is 306 g/mol. The van der Waals surface area contributed by atoms with Crippen LogP contribution >= 0.6 is 0 Å². The molecule has 2 heteroatoms. The Kier molecular flexibility index (Phi) is 5.09. The first-order valence-corrected chi connectivity index (χ1v) is 9.17. The lowest BCUT2D eigenvalue weighted by molar-refractivity contribution is -0.142. The molecular formula is C20H34O2. The summed E-state index contributed by atoms with van der Waals surface area (Å²) in [5, 5.41) is 9.75. The van der Waals surface area contributed by atoms with Crippen LogP contribution in [0.1, 0.15) is 86.0 Å². The molecule has 0 aromatic rings. The predicted molar refractivity (Wildman–Crippen MR) is 91.8 cm³/mol.